The number of carboxylic acid groups (broad SMARTS) is 1. The van der Waals surface area contributed by atoms with E-state index in [2.05, 4.69) is 0 Å². The van der Waals surface area contributed by atoms with Gasteiger partial charge in [-0.3, -0.25) is 4.79 Å². The van der Waals surface area contributed by atoms with E-state index in [9.17, 15) is 26.4 Å². The quantitative estimate of drug-likeness (QED) is 0.682. The van der Waals surface area contributed by atoms with Gasteiger partial charge in [-0.05, 0) is 0 Å². The molecule has 15 heavy (non-hydrogen) atoms. The maximum Gasteiger partial charge on any atom is 0.402 e. The smallest absolute Gasteiger partial charge is 0.402 e. The summed E-state index contributed by atoms with van der Waals surface area (Å²) < 4.78 is 59.0. The first-order chi connectivity index (χ1) is 6.58. The van der Waals surface area contributed by atoms with Crippen LogP contribution in [0.15, 0.2) is 0 Å². The van der Waals surface area contributed by atoms with Crippen molar-refractivity contribution >= 4 is 16.2 Å². The van der Waals surface area contributed by atoms with Crippen molar-refractivity contribution in [3.63, 3.8) is 0 Å². The molecule has 0 heterocycles. The van der Waals surface area contributed by atoms with E-state index in [-0.39, 0.29) is 4.31 Å². The summed E-state index contributed by atoms with van der Waals surface area (Å²) in [5.74, 6) is -1.67. The molecule has 0 atom stereocenters. The second-order valence-electron chi connectivity index (χ2n) is 2.49. The number of alkyl halides is 3. The molecule has 0 aliphatic heterocycles. The van der Waals surface area contributed by atoms with Gasteiger partial charge in [0, 0.05) is 7.05 Å². The summed E-state index contributed by atoms with van der Waals surface area (Å²) in [7, 11) is -3.52. The van der Waals surface area contributed by atoms with Crippen LogP contribution in [0.5, 0.6) is 0 Å². The number of carboxylic acids is 1. The van der Waals surface area contributed by atoms with E-state index in [0.717, 1.165) is 7.05 Å². The van der Waals surface area contributed by atoms with Crippen molar-refractivity contribution in [1.82, 2.24) is 9.03 Å². The minimum atomic E-state index is -4.79. The van der Waals surface area contributed by atoms with Crippen molar-refractivity contribution < 1.29 is 31.5 Å². The molecule has 0 aromatic rings. The lowest BCUT2D eigenvalue weighted by Crippen LogP contribution is -2.46. The van der Waals surface area contributed by atoms with Gasteiger partial charge in [0.2, 0.25) is 0 Å². The molecular weight excluding hydrogens is 241 g/mol. The highest BCUT2D eigenvalue weighted by Gasteiger charge is 2.36. The molecule has 0 bridgehead atoms. The van der Waals surface area contributed by atoms with Crippen molar-refractivity contribution in [1.29, 1.82) is 0 Å². The molecule has 0 radical (unpaired) electrons. The van der Waals surface area contributed by atoms with Gasteiger partial charge in [-0.1, -0.05) is 0 Å². The van der Waals surface area contributed by atoms with Crippen LogP contribution in [0, 0.1) is 0 Å². The van der Waals surface area contributed by atoms with Crippen LogP contribution in [0.2, 0.25) is 0 Å². The van der Waals surface area contributed by atoms with Crippen LogP contribution >= 0.6 is 0 Å². The molecule has 0 saturated carbocycles. The van der Waals surface area contributed by atoms with E-state index in [1.807, 2.05) is 0 Å². The zero-order valence-electron chi connectivity index (χ0n) is 7.58. The SMILES string of the molecule is CNS(=O)(=O)N(CC(=O)O)CC(F)(F)F. The van der Waals surface area contributed by atoms with Crippen LogP contribution < -0.4 is 4.72 Å². The van der Waals surface area contributed by atoms with E-state index in [0.29, 0.717) is 0 Å². The topological polar surface area (TPSA) is 86.7 Å². The fourth-order valence-electron chi connectivity index (χ4n) is 0.706. The first kappa shape index (κ1) is 14.1. The molecule has 2 N–H and O–H groups in total. The molecule has 6 nitrogen and oxygen atoms in total. The summed E-state index contributed by atoms with van der Waals surface area (Å²) in [4.78, 5) is 10.2. The monoisotopic (exact) mass is 250 g/mol. The van der Waals surface area contributed by atoms with Crippen LogP contribution in [-0.2, 0) is 15.0 Å². The maximum absolute atomic E-state index is 11.9. The number of hydrogen-bond acceptors (Lipinski definition) is 3. The predicted octanol–water partition coefficient (Wildman–Crippen LogP) is -0.601. The van der Waals surface area contributed by atoms with Gasteiger partial charge in [0.05, 0.1) is 0 Å². The summed E-state index contributed by atoms with van der Waals surface area (Å²) in [6.07, 6.45) is -4.79. The van der Waals surface area contributed by atoms with E-state index >= 15 is 0 Å². The Morgan fingerprint density at radius 3 is 2.20 bits per heavy atom. The first-order valence-electron chi connectivity index (χ1n) is 3.55. The van der Waals surface area contributed by atoms with Gasteiger partial charge in [-0.25, -0.2) is 4.72 Å². The van der Waals surface area contributed by atoms with Crippen molar-refractivity contribution in [2.45, 2.75) is 6.18 Å². The van der Waals surface area contributed by atoms with Gasteiger partial charge in [0.15, 0.2) is 0 Å². The Morgan fingerprint density at radius 2 is 1.93 bits per heavy atom. The Hall–Kier alpha value is -0.870. The number of rotatable bonds is 5. The standard InChI is InChI=1S/C5H9F3N2O4S/c1-9-15(13,14)10(2-4(11)12)3-5(6,7)8/h9H,2-3H2,1H3,(H,11,12). The van der Waals surface area contributed by atoms with Crippen molar-refractivity contribution in [3.8, 4) is 0 Å². The summed E-state index contributed by atoms with van der Waals surface area (Å²) >= 11 is 0. The molecule has 0 saturated heterocycles. The minimum Gasteiger partial charge on any atom is -0.480 e. The highest BCUT2D eigenvalue weighted by molar-refractivity contribution is 7.87. The number of halogens is 3. The number of nitrogens with zero attached hydrogens (tertiary/aromatic N) is 1. The summed E-state index contributed by atoms with van der Waals surface area (Å²) in [5.41, 5.74) is 0. The third kappa shape index (κ3) is 5.54. The Kier molecular flexibility index (Phi) is 4.49. The highest BCUT2D eigenvalue weighted by atomic mass is 32.2. The van der Waals surface area contributed by atoms with Crippen LogP contribution in [-0.4, -0.2) is 50.1 Å². The molecular formula is C5H9F3N2O4S. The average molecular weight is 250 g/mol. The maximum atomic E-state index is 11.9. The molecule has 0 aliphatic carbocycles. The van der Waals surface area contributed by atoms with Gasteiger partial charge in [0.1, 0.15) is 13.1 Å². The van der Waals surface area contributed by atoms with E-state index in [4.69, 9.17) is 5.11 Å². The van der Waals surface area contributed by atoms with Crippen molar-refractivity contribution in [2.75, 3.05) is 20.1 Å². The largest absolute Gasteiger partial charge is 0.480 e. The normalized spacial score (nSPS) is 13.1. The molecule has 0 spiro atoms. The average Bonchev–Trinajstić information content (AvgIpc) is 1.99. The number of carbonyl (C=O) groups is 1. The van der Waals surface area contributed by atoms with Gasteiger partial charge in [-0.2, -0.15) is 25.9 Å². The van der Waals surface area contributed by atoms with Crippen LogP contribution in [0.3, 0.4) is 0 Å². The van der Waals surface area contributed by atoms with Gasteiger partial charge in [0.25, 0.3) is 10.2 Å². The van der Waals surface area contributed by atoms with Crippen LogP contribution in [0.25, 0.3) is 0 Å². The second kappa shape index (κ2) is 4.77. The third-order valence-corrected chi connectivity index (χ3v) is 2.72. The molecule has 0 aromatic carbocycles. The summed E-state index contributed by atoms with van der Waals surface area (Å²) in [6.45, 7) is -3.09. The lowest BCUT2D eigenvalue weighted by molar-refractivity contribution is -0.146. The summed E-state index contributed by atoms with van der Waals surface area (Å²) in [5, 5.41) is 8.24. The molecule has 0 aliphatic rings. The molecule has 0 amide bonds. The van der Waals surface area contributed by atoms with Crippen molar-refractivity contribution in [2.24, 2.45) is 0 Å². The fraction of sp³-hybridized carbons (Fsp3) is 0.800. The summed E-state index contributed by atoms with van der Waals surface area (Å²) in [6, 6.07) is 0. The number of nitrogens with one attached hydrogen (secondary N) is 1. The van der Waals surface area contributed by atoms with Crippen LogP contribution in [0.4, 0.5) is 13.2 Å². The number of hydrogen-bond donors (Lipinski definition) is 2. The van der Waals surface area contributed by atoms with E-state index < -0.39 is 35.4 Å². The number of aliphatic carboxylic acids is 1. The fourth-order valence-corrected chi connectivity index (χ4v) is 1.56. The lowest BCUT2D eigenvalue weighted by Gasteiger charge is -2.20. The zero-order chi connectivity index (χ0) is 12.3. The second-order valence-corrected chi connectivity index (χ2v) is 4.36. The Morgan fingerprint density at radius 1 is 1.47 bits per heavy atom. The van der Waals surface area contributed by atoms with Gasteiger partial charge in [-0.15, -0.1) is 0 Å². The molecule has 0 rings (SSSR count). The first-order valence-corrected chi connectivity index (χ1v) is 4.99. The highest BCUT2D eigenvalue weighted by Crippen LogP contribution is 2.17. The predicted molar refractivity (Wildman–Crippen MR) is 43.2 cm³/mol. The molecule has 0 fully saturated rings. The van der Waals surface area contributed by atoms with Crippen LogP contribution in [0.1, 0.15) is 0 Å². The lowest BCUT2D eigenvalue weighted by atomic mass is 10.6. The molecule has 90 valence electrons. The molecule has 0 unspecified atom stereocenters. The van der Waals surface area contributed by atoms with E-state index in [1.165, 1.54) is 0 Å². The van der Waals surface area contributed by atoms with Gasteiger partial charge < -0.3 is 5.11 Å². The third-order valence-electron chi connectivity index (χ3n) is 1.27. The Bertz CT molecular complexity index is 326. The minimum absolute atomic E-state index is 0.213. The molecule has 0 aromatic heterocycles. The Balaban J connectivity index is 4.83. The van der Waals surface area contributed by atoms with E-state index in [1.54, 1.807) is 4.72 Å². The Labute approximate surface area is 83.9 Å². The van der Waals surface area contributed by atoms with Crippen molar-refractivity contribution in [3.05, 3.63) is 0 Å². The molecule has 10 heteroatoms. The zero-order valence-corrected chi connectivity index (χ0v) is 8.39. The van der Waals surface area contributed by atoms with Gasteiger partial charge >= 0.3 is 12.1 Å².